The van der Waals surface area contributed by atoms with Gasteiger partial charge in [0, 0.05) is 11.4 Å². The number of furan rings is 1. The normalized spacial score (nSPS) is 12.0. The predicted octanol–water partition coefficient (Wildman–Crippen LogP) is 5.57. The van der Waals surface area contributed by atoms with E-state index in [4.69, 9.17) is 4.42 Å². The Bertz CT molecular complexity index is 1180. The van der Waals surface area contributed by atoms with E-state index in [1.165, 1.54) is 17.3 Å². The molecule has 0 saturated carbocycles. The van der Waals surface area contributed by atoms with Crippen LogP contribution in [0.1, 0.15) is 23.6 Å². The van der Waals surface area contributed by atoms with Crippen molar-refractivity contribution in [1.82, 2.24) is 14.8 Å². The molecule has 1 atom stereocenters. The van der Waals surface area contributed by atoms with Crippen molar-refractivity contribution in [3.05, 3.63) is 77.6 Å². The summed E-state index contributed by atoms with van der Waals surface area (Å²) in [5.74, 6) is 1.13. The largest absolute Gasteiger partial charge is 0.461 e. The molecule has 4 rings (SSSR count). The number of benzene rings is 2. The van der Waals surface area contributed by atoms with Gasteiger partial charge in [0.2, 0.25) is 11.7 Å². The molecule has 1 N–H and O–H groups in total. The molecule has 0 saturated heterocycles. The fraction of sp³-hybridized carbons (Fsp3) is 0.208. The number of carbonyl (C=O) groups is 1. The van der Waals surface area contributed by atoms with E-state index < -0.39 is 0 Å². The molecule has 0 unspecified atom stereocenters. The number of carbonyl (C=O) groups excluding carboxylic acids is 1. The Labute approximate surface area is 185 Å². The summed E-state index contributed by atoms with van der Waals surface area (Å²) in [6.45, 7) is 7.94. The Morgan fingerprint density at radius 2 is 1.74 bits per heavy atom. The van der Waals surface area contributed by atoms with E-state index in [-0.39, 0.29) is 11.2 Å². The van der Waals surface area contributed by atoms with Gasteiger partial charge >= 0.3 is 0 Å². The minimum Gasteiger partial charge on any atom is -0.461 e. The van der Waals surface area contributed by atoms with Crippen LogP contribution >= 0.6 is 11.8 Å². The third kappa shape index (κ3) is 4.41. The summed E-state index contributed by atoms with van der Waals surface area (Å²) in [4.78, 5) is 13.0. The van der Waals surface area contributed by atoms with E-state index in [1.54, 1.807) is 6.26 Å². The quantitative estimate of drug-likeness (QED) is 0.403. The number of anilines is 1. The molecule has 4 aromatic rings. The highest BCUT2D eigenvalue weighted by atomic mass is 32.2. The van der Waals surface area contributed by atoms with E-state index >= 15 is 0 Å². The number of nitrogens with one attached hydrogen (secondary N) is 1. The van der Waals surface area contributed by atoms with Crippen molar-refractivity contribution in [3.8, 4) is 17.3 Å². The molecule has 0 aliphatic heterocycles. The van der Waals surface area contributed by atoms with Crippen LogP contribution in [0, 0.1) is 20.8 Å². The Morgan fingerprint density at radius 1 is 1.03 bits per heavy atom. The molecule has 0 fully saturated rings. The lowest BCUT2D eigenvalue weighted by Crippen LogP contribution is -2.24. The zero-order valence-electron chi connectivity index (χ0n) is 17.9. The van der Waals surface area contributed by atoms with Crippen molar-refractivity contribution in [2.75, 3.05) is 5.32 Å². The maximum Gasteiger partial charge on any atom is 0.237 e. The molecule has 0 aliphatic carbocycles. The van der Waals surface area contributed by atoms with E-state index in [9.17, 15) is 4.79 Å². The van der Waals surface area contributed by atoms with Gasteiger partial charge < -0.3 is 9.73 Å². The lowest BCUT2D eigenvalue weighted by atomic mass is 10.1. The number of amides is 1. The van der Waals surface area contributed by atoms with Gasteiger partial charge in [-0.15, -0.1) is 10.2 Å². The van der Waals surface area contributed by atoms with Gasteiger partial charge in [-0.3, -0.25) is 9.36 Å². The van der Waals surface area contributed by atoms with E-state index in [2.05, 4.69) is 34.6 Å². The van der Waals surface area contributed by atoms with Gasteiger partial charge in [-0.25, -0.2) is 0 Å². The molecule has 0 aliphatic rings. The monoisotopic (exact) mass is 432 g/mol. The summed E-state index contributed by atoms with van der Waals surface area (Å²) >= 11 is 1.36. The van der Waals surface area contributed by atoms with Gasteiger partial charge in [0.1, 0.15) is 0 Å². The second kappa shape index (κ2) is 8.81. The Hall–Kier alpha value is -3.32. The second-order valence-electron chi connectivity index (χ2n) is 7.48. The minimum atomic E-state index is -0.379. The lowest BCUT2D eigenvalue weighted by Gasteiger charge is -2.16. The maximum atomic E-state index is 13.0. The first-order valence-electron chi connectivity index (χ1n) is 10.0. The van der Waals surface area contributed by atoms with Crippen LogP contribution in [0.5, 0.6) is 0 Å². The molecule has 2 aromatic carbocycles. The van der Waals surface area contributed by atoms with Crippen molar-refractivity contribution < 1.29 is 9.21 Å². The molecule has 1 amide bonds. The minimum absolute atomic E-state index is 0.0813. The number of para-hydroxylation sites is 1. The van der Waals surface area contributed by atoms with Gasteiger partial charge in [0.15, 0.2) is 10.9 Å². The summed E-state index contributed by atoms with van der Waals surface area (Å²) in [6.07, 6.45) is 1.61. The number of nitrogens with zero attached hydrogens (tertiary/aromatic N) is 3. The fourth-order valence-corrected chi connectivity index (χ4v) is 4.40. The van der Waals surface area contributed by atoms with Crippen LogP contribution in [-0.2, 0) is 4.79 Å². The van der Waals surface area contributed by atoms with Gasteiger partial charge in [-0.2, -0.15) is 0 Å². The third-order valence-corrected chi connectivity index (χ3v) is 6.01. The highest BCUT2D eigenvalue weighted by molar-refractivity contribution is 8.00. The molecule has 158 valence electrons. The lowest BCUT2D eigenvalue weighted by molar-refractivity contribution is -0.115. The van der Waals surface area contributed by atoms with Crippen molar-refractivity contribution >= 4 is 23.4 Å². The average Bonchev–Trinajstić information content (AvgIpc) is 3.41. The van der Waals surface area contributed by atoms with Crippen LogP contribution in [0.2, 0.25) is 0 Å². The van der Waals surface area contributed by atoms with Crippen LogP contribution in [0.3, 0.4) is 0 Å². The second-order valence-corrected chi connectivity index (χ2v) is 8.79. The number of hydrogen-bond donors (Lipinski definition) is 1. The SMILES string of the molecule is Cc1cc(C)c(NC(=O)[C@H](C)Sc2nnc(-c3ccco3)n2-c2ccccc2)c(C)c1. The zero-order valence-corrected chi connectivity index (χ0v) is 18.7. The van der Waals surface area contributed by atoms with Crippen LogP contribution in [0.4, 0.5) is 5.69 Å². The topological polar surface area (TPSA) is 73.0 Å². The molecule has 31 heavy (non-hydrogen) atoms. The molecule has 2 aromatic heterocycles. The highest BCUT2D eigenvalue weighted by Crippen LogP contribution is 2.31. The van der Waals surface area contributed by atoms with Crippen LogP contribution < -0.4 is 5.32 Å². The molecule has 0 bridgehead atoms. The van der Waals surface area contributed by atoms with Crippen LogP contribution in [0.25, 0.3) is 17.3 Å². The smallest absolute Gasteiger partial charge is 0.237 e. The fourth-order valence-electron chi connectivity index (χ4n) is 3.54. The van der Waals surface area contributed by atoms with Crippen molar-refractivity contribution in [2.45, 2.75) is 38.1 Å². The van der Waals surface area contributed by atoms with E-state index in [0.717, 1.165) is 22.5 Å². The Kier molecular flexibility index (Phi) is 5.95. The van der Waals surface area contributed by atoms with Gasteiger partial charge in [0.25, 0.3) is 0 Å². The first kappa shape index (κ1) is 20.9. The predicted molar refractivity (Wildman–Crippen MR) is 124 cm³/mol. The van der Waals surface area contributed by atoms with Gasteiger partial charge in [0.05, 0.1) is 11.5 Å². The summed E-state index contributed by atoms with van der Waals surface area (Å²) < 4.78 is 7.46. The molecule has 0 radical (unpaired) electrons. The number of thioether (sulfide) groups is 1. The molecular weight excluding hydrogens is 408 g/mol. The van der Waals surface area contributed by atoms with Gasteiger partial charge in [-0.05, 0) is 63.1 Å². The average molecular weight is 433 g/mol. The van der Waals surface area contributed by atoms with Crippen molar-refractivity contribution in [2.24, 2.45) is 0 Å². The van der Waals surface area contributed by atoms with Gasteiger partial charge in [-0.1, -0.05) is 47.7 Å². The number of rotatable bonds is 6. The molecule has 6 nitrogen and oxygen atoms in total. The molecule has 0 spiro atoms. The first-order valence-corrected chi connectivity index (χ1v) is 10.9. The summed E-state index contributed by atoms with van der Waals surface area (Å²) in [7, 11) is 0. The van der Waals surface area contributed by atoms with Crippen molar-refractivity contribution in [3.63, 3.8) is 0 Å². The standard InChI is InChI=1S/C24H24N4O2S/c1-15-13-16(2)21(17(3)14-15)25-23(29)18(4)31-24-27-26-22(20-11-8-12-30-20)28(24)19-9-6-5-7-10-19/h5-14,18H,1-4H3,(H,25,29)/t18-/m0/s1. The summed E-state index contributed by atoms with van der Waals surface area (Å²) in [5, 5.41) is 12.0. The van der Waals surface area contributed by atoms with Crippen LogP contribution in [-0.4, -0.2) is 25.9 Å². The Balaban J connectivity index is 1.61. The van der Waals surface area contributed by atoms with E-state index in [1.807, 2.05) is 67.8 Å². The molecule has 7 heteroatoms. The molecule has 2 heterocycles. The Morgan fingerprint density at radius 3 is 2.39 bits per heavy atom. The summed E-state index contributed by atoms with van der Waals surface area (Å²) in [6, 6.07) is 17.6. The van der Waals surface area contributed by atoms with Crippen molar-refractivity contribution in [1.29, 1.82) is 0 Å². The zero-order chi connectivity index (χ0) is 22.0. The number of aryl methyl sites for hydroxylation is 3. The third-order valence-electron chi connectivity index (χ3n) is 4.97. The van der Waals surface area contributed by atoms with E-state index in [0.29, 0.717) is 16.7 Å². The number of hydrogen-bond acceptors (Lipinski definition) is 5. The summed E-state index contributed by atoms with van der Waals surface area (Å²) in [5.41, 5.74) is 5.05. The maximum absolute atomic E-state index is 13.0. The number of aromatic nitrogens is 3. The molecular formula is C24H24N4O2S. The highest BCUT2D eigenvalue weighted by Gasteiger charge is 2.23. The van der Waals surface area contributed by atoms with Crippen LogP contribution in [0.15, 0.2) is 70.4 Å². The first-order chi connectivity index (χ1) is 14.9.